The lowest BCUT2D eigenvalue weighted by Gasteiger charge is -2.32. The summed E-state index contributed by atoms with van der Waals surface area (Å²) in [5.41, 5.74) is 1.09. The van der Waals surface area contributed by atoms with Crippen molar-refractivity contribution in [3.63, 3.8) is 0 Å². The zero-order chi connectivity index (χ0) is 18.9. The van der Waals surface area contributed by atoms with Gasteiger partial charge in [-0.15, -0.1) is 0 Å². The second-order valence-corrected chi connectivity index (χ2v) is 7.06. The molecule has 1 heterocycles. The van der Waals surface area contributed by atoms with Crippen LogP contribution >= 0.6 is 23.2 Å². The first-order valence-corrected chi connectivity index (χ1v) is 9.53. The number of piperidine rings is 1. The van der Waals surface area contributed by atoms with E-state index in [-0.39, 0.29) is 6.09 Å². The third kappa shape index (κ3) is 6.25. The maximum absolute atomic E-state index is 11.5. The molecule has 0 unspecified atom stereocenters. The van der Waals surface area contributed by atoms with Crippen molar-refractivity contribution in [3.05, 3.63) is 33.8 Å². The summed E-state index contributed by atoms with van der Waals surface area (Å²) in [6.45, 7) is 2.17. The Kier molecular flexibility index (Phi) is 8.32. The molecule has 0 radical (unpaired) electrons. The standard InChI is InChI=1S/C18H26Cl2N4O2/c1-21-17(23-15-7-10-24(11-8-15)18(25)26-2)22-9-3-4-13-5-6-14(19)12-16(13)20/h5-6,12,15H,3-4,7-11H2,1-2H3,(H2,21,22,23). The van der Waals surface area contributed by atoms with Crippen molar-refractivity contribution in [2.45, 2.75) is 31.7 Å². The zero-order valence-corrected chi connectivity index (χ0v) is 16.7. The number of carbonyl (C=O) groups is 1. The molecular weight excluding hydrogens is 375 g/mol. The van der Waals surface area contributed by atoms with Gasteiger partial charge < -0.3 is 20.3 Å². The van der Waals surface area contributed by atoms with Crippen molar-refractivity contribution in [2.24, 2.45) is 4.99 Å². The Bertz CT molecular complexity index is 632. The minimum atomic E-state index is -0.258. The van der Waals surface area contributed by atoms with E-state index >= 15 is 0 Å². The summed E-state index contributed by atoms with van der Waals surface area (Å²) in [4.78, 5) is 17.5. The quantitative estimate of drug-likeness (QED) is 0.451. The molecule has 0 spiro atoms. The van der Waals surface area contributed by atoms with Crippen molar-refractivity contribution in [3.8, 4) is 0 Å². The largest absolute Gasteiger partial charge is 0.453 e. The van der Waals surface area contributed by atoms with Crippen molar-refractivity contribution in [2.75, 3.05) is 33.8 Å². The van der Waals surface area contributed by atoms with Gasteiger partial charge in [0.05, 0.1) is 7.11 Å². The van der Waals surface area contributed by atoms with Crippen LogP contribution in [-0.4, -0.2) is 56.8 Å². The highest BCUT2D eigenvalue weighted by Gasteiger charge is 2.23. The minimum Gasteiger partial charge on any atom is -0.453 e. The highest BCUT2D eigenvalue weighted by atomic mass is 35.5. The fraction of sp³-hybridized carbons (Fsp3) is 0.556. The summed E-state index contributed by atoms with van der Waals surface area (Å²) in [6, 6.07) is 5.89. The highest BCUT2D eigenvalue weighted by Crippen LogP contribution is 2.21. The Morgan fingerprint density at radius 1 is 1.35 bits per heavy atom. The summed E-state index contributed by atoms with van der Waals surface area (Å²) < 4.78 is 4.76. The molecule has 0 saturated carbocycles. The highest BCUT2D eigenvalue weighted by molar-refractivity contribution is 6.35. The summed E-state index contributed by atoms with van der Waals surface area (Å²) in [5.74, 6) is 0.781. The van der Waals surface area contributed by atoms with E-state index in [0.29, 0.717) is 29.2 Å². The third-order valence-electron chi connectivity index (χ3n) is 4.42. The number of rotatable bonds is 5. The van der Waals surface area contributed by atoms with Gasteiger partial charge in [0.15, 0.2) is 5.96 Å². The monoisotopic (exact) mass is 400 g/mol. The zero-order valence-electron chi connectivity index (χ0n) is 15.2. The normalized spacial score (nSPS) is 15.7. The smallest absolute Gasteiger partial charge is 0.409 e. The minimum absolute atomic E-state index is 0.258. The molecular formula is C18H26Cl2N4O2. The lowest BCUT2D eigenvalue weighted by Crippen LogP contribution is -2.49. The molecule has 0 atom stereocenters. The van der Waals surface area contributed by atoms with Crippen LogP contribution in [0.3, 0.4) is 0 Å². The number of aryl methyl sites for hydroxylation is 1. The van der Waals surface area contributed by atoms with Crippen LogP contribution < -0.4 is 10.6 Å². The van der Waals surface area contributed by atoms with E-state index in [1.54, 1.807) is 18.0 Å². The number of ether oxygens (including phenoxy) is 1. The van der Waals surface area contributed by atoms with Crippen LogP contribution in [-0.2, 0) is 11.2 Å². The van der Waals surface area contributed by atoms with Crippen LogP contribution in [0.25, 0.3) is 0 Å². The van der Waals surface area contributed by atoms with Crippen molar-refractivity contribution >= 4 is 35.3 Å². The van der Waals surface area contributed by atoms with Crippen molar-refractivity contribution < 1.29 is 9.53 Å². The number of nitrogens with one attached hydrogen (secondary N) is 2. The predicted octanol–water partition coefficient (Wildman–Crippen LogP) is 3.32. The number of likely N-dealkylation sites (tertiary alicyclic amines) is 1. The van der Waals surface area contributed by atoms with Gasteiger partial charge >= 0.3 is 6.09 Å². The Labute approximate surface area is 164 Å². The van der Waals surface area contributed by atoms with E-state index in [0.717, 1.165) is 43.8 Å². The third-order valence-corrected chi connectivity index (χ3v) is 5.01. The Morgan fingerprint density at radius 2 is 2.08 bits per heavy atom. The fourth-order valence-electron chi connectivity index (χ4n) is 2.93. The number of benzene rings is 1. The summed E-state index contributed by atoms with van der Waals surface area (Å²) >= 11 is 12.1. The molecule has 1 amide bonds. The lowest BCUT2D eigenvalue weighted by atomic mass is 10.1. The first-order valence-electron chi connectivity index (χ1n) is 8.77. The molecule has 6 nitrogen and oxygen atoms in total. The molecule has 26 heavy (non-hydrogen) atoms. The van der Waals surface area contributed by atoms with Crippen LogP contribution in [0.2, 0.25) is 10.0 Å². The molecule has 2 rings (SSSR count). The van der Waals surface area contributed by atoms with Crippen molar-refractivity contribution in [1.29, 1.82) is 0 Å². The number of nitrogens with zero attached hydrogens (tertiary/aromatic N) is 2. The van der Waals surface area contributed by atoms with E-state index in [4.69, 9.17) is 27.9 Å². The lowest BCUT2D eigenvalue weighted by molar-refractivity contribution is 0.111. The Morgan fingerprint density at radius 3 is 2.69 bits per heavy atom. The second kappa shape index (κ2) is 10.5. The van der Waals surface area contributed by atoms with Crippen LogP contribution in [0.15, 0.2) is 23.2 Å². The van der Waals surface area contributed by atoms with Crippen molar-refractivity contribution in [1.82, 2.24) is 15.5 Å². The molecule has 8 heteroatoms. The van der Waals surface area contributed by atoms with Gasteiger partial charge in [0, 0.05) is 42.8 Å². The molecule has 1 aromatic rings. The molecule has 1 aliphatic heterocycles. The van der Waals surface area contributed by atoms with E-state index in [2.05, 4.69) is 15.6 Å². The van der Waals surface area contributed by atoms with Crippen LogP contribution in [0.4, 0.5) is 4.79 Å². The molecule has 144 valence electrons. The van der Waals surface area contributed by atoms with Gasteiger partial charge in [-0.2, -0.15) is 0 Å². The van der Waals surface area contributed by atoms with Crippen LogP contribution in [0, 0.1) is 0 Å². The SMILES string of the molecule is CN=C(NCCCc1ccc(Cl)cc1Cl)NC1CCN(C(=O)OC)CC1. The van der Waals surface area contributed by atoms with Gasteiger partial charge in [-0.1, -0.05) is 29.3 Å². The number of carbonyl (C=O) groups excluding carboxylic acids is 1. The molecule has 0 aliphatic carbocycles. The number of amides is 1. The molecule has 1 aromatic carbocycles. The first-order chi connectivity index (χ1) is 12.5. The van der Waals surface area contributed by atoms with Crippen LogP contribution in [0.1, 0.15) is 24.8 Å². The van der Waals surface area contributed by atoms with Crippen LogP contribution in [0.5, 0.6) is 0 Å². The molecule has 1 aliphatic rings. The van der Waals surface area contributed by atoms with Gasteiger partial charge in [0.1, 0.15) is 0 Å². The molecule has 1 saturated heterocycles. The summed E-state index contributed by atoms with van der Waals surface area (Å²) in [5, 5.41) is 8.10. The van der Waals surface area contributed by atoms with Gasteiger partial charge in [0.2, 0.25) is 0 Å². The average molecular weight is 401 g/mol. The number of hydrogen-bond donors (Lipinski definition) is 2. The number of hydrogen-bond acceptors (Lipinski definition) is 3. The Balaban J connectivity index is 1.69. The summed E-state index contributed by atoms with van der Waals surface area (Å²) in [7, 11) is 3.17. The number of halogens is 2. The molecule has 0 bridgehead atoms. The fourth-order valence-corrected chi connectivity index (χ4v) is 3.44. The summed E-state index contributed by atoms with van der Waals surface area (Å²) in [6.07, 6.45) is 3.29. The number of aliphatic imine (C=N–C) groups is 1. The van der Waals surface area contributed by atoms with Gasteiger partial charge in [-0.25, -0.2) is 4.79 Å². The van der Waals surface area contributed by atoms with Gasteiger partial charge in [0.25, 0.3) is 0 Å². The topological polar surface area (TPSA) is 66.0 Å². The molecule has 1 fully saturated rings. The maximum Gasteiger partial charge on any atom is 0.409 e. The number of guanidine groups is 1. The number of methoxy groups -OCH3 is 1. The van der Waals surface area contributed by atoms with E-state index in [9.17, 15) is 4.79 Å². The van der Waals surface area contributed by atoms with E-state index in [1.165, 1.54) is 7.11 Å². The Hall–Kier alpha value is -1.66. The average Bonchev–Trinajstić information content (AvgIpc) is 2.65. The first kappa shape index (κ1) is 20.6. The van der Waals surface area contributed by atoms with Gasteiger partial charge in [-0.3, -0.25) is 4.99 Å². The van der Waals surface area contributed by atoms with E-state index < -0.39 is 0 Å². The maximum atomic E-state index is 11.5. The predicted molar refractivity (Wildman–Crippen MR) is 106 cm³/mol. The van der Waals surface area contributed by atoms with E-state index in [1.807, 2.05) is 12.1 Å². The molecule has 2 N–H and O–H groups in total. The molecule has 0 aromatic heterocycles. The second-order valence-electron chi connectivity index (χ2n) is 6.21. The van der Waals surface area contributed by atoms with Gasteiger partial charge in [-0.05, 0) is 43.4 Å².